The SMILES string of the molecule is CCCCNC(=O)[C@H](C)N(Cc1ccccc1Cl)C(=O)CN(c1ccc(C)cc1)S(=O)(=O)c1ccc(F)cc1. The van der Waals surface area contributed by atoms with Gasteiger partial charge in [0.25, 0.3) is 10.0 Å². The first-order valence-corrected chi connectivity index (χ1v) is 14.5. The minimum absolute atomic E-state index is 0.000789. The van der Waals surface area contributed by atoms with Crippen molar-refractivity contribution in [1.82, 2.24) is 10.2 Å². The van der Waals surface area contributed by atoms with E-state index in [9.17, 15) is 22.4 Å². The Balaban J connectivity index is 2.00. The van der Waals surface area contributed by atoms with Crippen LogP contribution in [0.15, 0.2) is 77.7 Å². The van der Waals surface area contributed by atoms with Gasteiger partial charge in [0.05, 0.1) is 10.6 Å². The van der Waals surface area contributed by atoms with Gasteiger partial charge in [-0.1, -0.05) is 60.8 Å². The average Bonchev–Trinajstić information content (AvgIpc) is 2.91. The molecule has 39 heavy (non-hydrogen) atoms. The van der Waals surface area contributed by atoms with E-state index in [1.54, 1.807) is 55.5 Å². The highest BCUT2D eigenvalue weighted by atomic mass is 35.5. The lowest BCUT2D eigenvalue weighted by Gasteiger charge is -2.32. The van der Waals surface area contributed by atoms with Gasteiger partial charge in [-0.25, -0.2) is 12.8 Å². The van der Waals surface area contributed by atoms with E-state index in [4.69, 9.17) is 11.6 Å². The molecule has 0 aromatic heterocycles. The second kappa shape index (κ2) is 13.6. The Morgan fingerprint density at radius 3 is 2.26 bits per heavy atom. The van der Waals surface area contributed by atoms with Gasteiger partial charge in [-0.15, -0.1) is 0 Å². The molecule has 0 bridgehead atoms. The molecule has 10 heteroatoms. The van der Waals surface area contributed by atoms with Gasteiger partial charge in [0.1, 0.15) is 18.4 Å². The van der Waals surface area contributed by atoms with Crippen molar-refractivity contribution in [1.29, 1.82) is 0 Å². The number of rotatable bonds is 12. The normalized spacial score (nSPS) is 12.0. The number of anilines is 1. The summed E-state index contributed by atoms with van der Waals surface area (Å²) in [5.41, 5.74) is 1.78. The fourth-order valence-corrected chi connectivity index (χ4v) is 5.51. The Hall–Kier alpha value is -3.43. The van der Waals surface area contributed by atoms with Gasteiger partial charge < -0.3 is 10.2 Å². The van der Waals surface area contributed by atoms with Gasteiger partial charge in [-0.3, -0.25) is 13.9 Å². The fraction of sp³-hybridized carbons (Fsp3) is 0.310. The predicted octanol–water partition coefficient (Wildman–Crippen LogP) is 5.32. The maximum absolute atomic E-state index is 13.9. The van der Waals surface area contributed by atoms with E-state index in [2.05, 4.69) is 5.32 Å². The van der Waals surface area contributed by atoms with Crippen LogP contribution in [0.4, 0.5) is 10.1 Å². The molecule has 0 heterocycles. The first-order valence-electron chi connectivity index (χ1n) is 12.7. The number of carbonyl (C=O) groups is 2. The van der Waals surface area contributed by atoms with Gasteiger partial charge in [0.15, 0.2) is 0 Å². The molecule has 0 saturated carbocycles. The minimum atomic E-state index is -4.26. The number of halogens is 2. The van der Waals surface area contributed by atoms with Gasteiger partial charge >= 0.3 is 0 Å². The zero-order chi connectivity index (χ0) is 28.6. The van der Waals surface area contributed by atoms with Crippen LogP contribution in [0.2, 0.25) is 5.02 Å². The average molecular weight is 574 g/mol. The number of amides is 2. The van der Waals surface area contributed by atoms with E-state index in [1.807, 2.05) is 13.8 Å². The number of sulfonamides is 1. The third-order valence-electron chi connectivity index (χ3n) is 6.30. The number of nitrogens with one attached hydrogen (secondary N) is 1. The lowest BCUT2D eigenvalue weighted by atomic mass is 10.1. The molecule has 0 aliphatic rings. The van der Waals surface area contributed by atoms with E-state index < -0.39 is 34.3 Å². The van der Waals surface area contributed by atoms with Gasteiger partial charge in [0, 0.05) is 18.1 Å². The third-order valence-corrected chi connectivity index (χ3v) is 8.45. The molecular formula is C29H33ClFN3O4S. The lowest BCUT2D eigenvalue weighted by Crippen LogP contribution is -2.51. The standard InChI is InChI=1S/C29H33ClFN3O4S/c1-4-5-18-32-29(36)22(3)33(19-23-8-6-7-9-27(23)30)28(35)20-34(25-14-10-21(2)11-15-25)39(37,38)26-16-12-24(31)13-17-26/h6-17,22H,4-5,18-20H2,1-3H3,(H,32,36)/t22-/m0/s1. The summed E-state index contributed by atoms with van der Waals surface area (Å²) in [5.74, 6) is -1.54. The van der Waals surface area contributed by atoms with Crippen molar-refractivity contribution in [3.63, 3.8) is 0 Å². The Bertz CT molecular complexity index is 1380. The van der Waals surface area contributed by atoms with Gasteiger partial charge in [-0.2, -0.15) is 0 Å². The molecule has 2 amide bonds. The molecule has 1 atom stereocenters. The smallest absolute Gasteiger partial charge is 0.264 e. The van der Waals surface area contributed by atoms with Crippen molar-refractivity contribution in [2.24, 2.45) is 0 Å². The number of nitrogens with zero attached hydrogens (tertiary/aromatic N) is 2. The van der Waals surface area contributed by atoms with Crippen molar-refractivity contribution in [3.8, 4) is 0 Å². The summed E-state index contributed by atoms with van der Waals surface area (Å²) in [6, 6.07) is 17.1. The highest BCUT2D eigenvalue weighted by Crippen LogP contribution is 2.26. The first-order chi connectivity index (χ1) is 18.5. The van der Waals surface area contributed by atoms with Crippen LogP contribution in [0.1, 0.15) is 37.8 Å². The molecule has 0 aliphatic heterocycles. The fourth-order valence-electron chi connectivity index (χ4n) is 3.90. The molecule has 0 aliphatic carbocycles. The van der Waals surface area contributed by atoms with Gasteiger partial charge in [0.2, 0.25) is 11.8 Å². The van der Waals surface area contributed by atoms with Crippen molar-refractivity contribution < 1.29 is 22.4 Å². The maximum atomic E-state index is 13.9. The number of hydrogen-bond acceptors (Lipinski definition) is 4. The van der Waals surface area contributed by atoms with Crippen molar-refractivity contribution in [2.75, 3.05) is 17.4 Å². The van der Waals surface area contributed by atoms with Crippen LogP contribution < -0.4 is 9.62 Å². The van der Waals surface area contributed by atoms with Gasteiger partial charge in [-0.05, 0) is 68.3 Å². The molecule has 0 radical (unpaired) electrons. The molecule has 3 aromatic rings. The largest absolute Gasteiger partial charge is 0.354 e. The Morgan fingerprint density at radius 1 is 1.00 bits per heavy atom. The van der Waals surface area contributed by atoms with E-state index in [-0.39, 0.29) is 23.0 Å². The number of benzene rings is 3. The van der Waals surface area contributed by atoms with E-state index in [0.717, 1.165) is 47.0 Å². The predicted molar refractivity (Wildman–Crippen MR) is 151 cm³/mol. The zero-order valence-electron chi connectivity index (χ0n) is 22.2. The minimum Gasteiger partial charge on any atom is -0.354 e. The second-order valence-corrected chi connectivity index (χ2v) is 11.5. The number of hydrogen-bond donors (Lipinski definition) is 1. The van der Waals surface area contributed by atoms with Crippen molar-refractivity contribution in [2.45, 2.75) is 51.1 Å². The van der Waals surface area contributed by atoms with Crippen LogP contribution >= 0.6 is 11.6 Å². The van der Waals surface area contributed by atoms with Crippen molar-refractivity contribution >= 4 is 39.1 Å². The molecule has 0 fully saturated rings. The topological polar surface area (TPSA) is 86.8 Å². The summed E-state index contributed by atoms with van der Waals surface area (Å²) in [7, 11) is -4.26. The Morgan fingerprint density at radius 2 is 1.64 bits per heavy atom. The zero-order valence-corrected chi connectivity index (χ0v) is 23.8. The molecule has 7 nitrogen and oxygen atoms in total. The van der Waals surface area contributed by atoms with Crippen LogP contribution in [-0.2, 0) is 26.2 Å². The second-order valence-electron chi connectivity index (χ2n) is 9.23. The molecule has 208 valence electrons. The number of unbranched alkanes of at least 4 members (excludes halogenated alkanes) is 1. The quantitative estimate of drug-likeness (QED) is 0.297. The Kier molecular flexibility index (Phi) is 10.5. The summed E-state index contributed by atoms with van der Waals surface area (Å²) in [6.45, 7) is 5.34. The van der Waals surface area contributed by atoms with Crippen LogP contribution in [0.3, 0.4) is 0 Å². The summed E-state index contributed by atoms with van der Waals surface area (Å²) in [5, 5.41) is 3.26. The van der Waals surface area contributed by atoms with Crippen LogP contribution in [-0.4, -0.2) is 44.3 Å². The van der Waals surface area contributed by atoms with Crippen LogP contribution in [0, 0.1) is 12.7 Å². The molecule has 0 saturated heterocycles. The highest BCUT2D eigenvalue weighted by molar-refractivity contribution is 7.92. The molecule has 3 rings (SSSR count). The highest BCUT2D eigenvalue weighted by Gasteiger charge is 2.32. The summed E-state index contributed by atoms with van der Waals surface area (Å²) in [6.07, 6.45) is 1.68. The number of aryl methyl sites for hydroxylation is 1. The van der Waals surface area contributed by atoms with Crippen LogP contribution in [0.5, 0.6) is 0 Å². The monoisotopic (exact) mass is 573 g/mol. The van der Waals surface area contributed by atoms with E-state index in [1.165, 1.54) is 4.90 Å². The van der Waals surface area contributed by atoms with E-state index in [0.29, 0.717) is 17.1 Å². The maximum Gasteiger partial charge on any atom is 0.264 e. The Labute approximate surface area is 234 Å². The molecule has 3 aromatic carbocycles. The van der Waals surface area contributed by atoms with E-state index >= 15 is 0 Å². The summed E-state index contributed by atoms with van der Waals surface area (Å²) in [4.78, 5) is 28.0. The lowest BCUT2D eigenvalue weighted by molar-refractivity contribution is -0.139. The molecule has 0 spiro atoms. The summed E-state index contributed by atoms with van der Waals surface area (Å²) < 4.78 is 42.0. The molecular weight excluding hydrogens is 541 g/mol. The van der Waals surface area contributed by atoms with Crippen molar-refractivity contribution in [3.05, 3.63) is 94.8 Å². The molecule has 1 N–H and O–H groups in total. The first kappa shape index (κ1) is 30.1. The van der Waals surface area contributed by atoms with Crippen LogP contribution in [0.25, 0.3) is 0 Å². The number of carbonyl (C=O) groups excluding carboxylic acids is 2. The summed E-state index contributed by atoms with van der Waals surface area (Å²) >= 11 is 6.37. The molecule has 0 unspecified atom stereocenters. The third kappa shape index (κ3) is 7.80.